The van der Waals surface area contributed by atoms with Crippen molar-refractivity contribution in [2.45, 2.75) is 12.3 Å². The molecule has 3 heteroatoms. The molecule has 0 spiro atoms. The van der Waals surface area contributed by atoms with Crippen molar-refractivity contribution in [2.75, 3.05) is 17.3 Å². The van der Waals surface area contributed by atoms with E-state index in [2.05, 4.69) is 34.3 Å². The van der Waals surface area contributed by atoms with E-state index in [4.69, 9.17) is 11.6 Å². The molecule has 1 aromatic rings. The first-order valence-corrected chi connectivity index (χ1v) is 7.47. The number of halogens is 2. The molecule has 0 aliphatic rings. The van der Waals surface area contributed by atoms with Crippen LogP contribution in [0.4, 0.5) is 0 Å². The first-order chi connectivity index (χ1) is 6.77. The second kappa shape index (κ2) is 6.76. The standard InChI is InChI=1S/C11H14BrClS/c1-14-7-6-10(8-12)9-2-4-11(13)5-3-9/h2-5,10H,6-8H2,1H3. The Balaban J connectivity index is 2.64. The summed E-state index contributed by atoms with van der Waals surface area (Å²) in [6.45, 7) is 0. The van der Waals surface area contributed by atoms with Crippen LogP contribution in [0.25, 0.3) is 0 Å². The Labute approximate surface area is 104 Å². The number of benzene rings is 1. The molecule has 0 amide bonds. The molecule has 1 unspecified atom stereocenters. The molecule has 1 aromatic carbocycles. The van der Waals surface area contributed by atoms with E-state index >= 15 is 0 Å². The van der Waals surface area contributed by atoms with E-state index in [1.54, 1.807) is 0 Å². The number of alkyl halides is 1. The summed E-state index contributed by atoms with van der Waals surface area (Å²) >= 11 is 11.3. The van der Waals surface area contributed by atoms with Crippen LogP contribution in [0.15, 0.2) is 24.3 Å². The van der Waals surface area contributed by atoms with Crippen LogP contribution in [0.3, 0.4) is 0 Å². The number of hydrogen-bond donors (Lipinski definition) is 0. The van der Waals surface area contributed by atoms with Gasteiger partial charge >= 0.3 is 0 Å². The molecule has 0 saturated carbocycles. The highest BCUT2D eigenvalue weighted by Crippen LogP contribution is 2.24. The van der Waals surface area contributed by atoms with Crippen molar-refractivity contribution in [3.63, 3.8) is 0 Å². The van der Waals surface area contributed by atoms with Crippen molar-refractivity contribution in [3.05, 3.63) is 34.9 Å². The zero-order valence-electron chi connectivity index (χ0n) is 8.17. The van der Waals surface area contributed by atoms with Gasteiger partial charge < -0.3 is 0 Å². The Kier molecular flexibility index (Phi) is 5.99. The smallest absolute Gasteiger partial charge is 0.0406 e. The van der Waals surface area contributed by atoms with Crippen LogP contribution in [0.2, 0.25) is 5.02 Å². The lowest BCUT2D eigenvalue weighted by Crippen LogP contribution is -2.01. The summed E-state index contributed by atoms with van der Waals surface area (Å²) in [5.74, 6) is 1.82. The monoisotopic (exact) mass is 292 g/mol. The maximum atomic E-state index is 5.85. The second-order valence-electron chi connectivity index (χ2n) is 3.18. The van der Waals surface area contributed by atoms with Gasteiger partial charge in [-0.3, -0.25) is 0 Å². The van der Waals surface area contributed by atoms with Gasteiger partial charge in [-0.05, 0) is 42.0 Å². The van der Waals surface area contributed by atoms with Gasteiger partial charge in [-0.2, -0.15) is 11.8 Å². The maximum Gasteiger partial charge on any atom is 0.0406 e. The van der Waals surface area contributed by atoms with Crippen molar-refractivity contribution >= 4 is 39.3 Å². The average molecular weight is 294 g/mol. The lowest BCUT2D eigenvalue weighted by atomic mass is 9.99. The SMILES string of the molecule is CSCCC(CBr)c1ccc(Cl)cc1. The fourth-order valence-electron chi connectivity index (χ4n) is 1.33. The Morgan fingerprint density at radius 1 is 1.36 bits per heavy atom. The zero-order valence-corrected chi connectivity index (χ0v) is 11.3. The van der Waals surface area contributed by atoms with E-state index in [0.717, 1.165) is 10.4 Å². The Bertz CT molecular complexity index is 260. The third-order valence-electron chi connectivity index (χ3n) is 2.20. The number of rotatable bonds is 5. The fraction of sp³-hybridized carbons (Fsp3) is 0.455. The predicted molar refractivity (Wildman–Crippen MR) is 71.0 cm³/mol. The highest BCUT2D eigenvalue weighted by molar-refractivity contribution is 9.09. The zero-order chi connectivity index (χ0) is 10.4. The van der Waals surface area contributed by atoms with E-state index in [1.165, 1.54) is 17.7 Å². The summed E-state index contributed by atoms with van der Waals surface area (Å²) in [5, 5.41) is 1.83. The minimum absolute atomic E-state index is 0.611. The Morgan fingerprint density at radius 2 is 2.00 bits per heavy atom. The highest BCUT2D eigenvalue weighted by atomic mass is 79.9. The van der Waals surface area contributed by atoms with Crippen molar-refractivity contribution in [1.82, 2.24) is 0 Å². The van der Waals surface area contributed by atoms with E-state index in [-0.39, 0.29) is 0 Å². The first-order valence-electron chi connectivity index (χ1n) is 4.58. The van der Waals surface area contributed by atoms with Crippen molar-refractivity contribution in [1.29, 1.82) is 0 Å². The van der Waals surface area contributed by atoms with Gasteiger partial charge in [0.2, 0.25) is 0 Å². The Morgan fingerprint density at radius 3 is 2.50 bits per heavy atom. The molecule has 1 atom stereocenters. The molecule has 0 radical (unpaired) electrons. The summed E-state index contributed by atoms with van der Waals surface area (Å²) in [6, 6.07) is 8.17. The molecular weight excluding hydrogens is 280 g/mol. The molecule has 0 bridgehead atoms. The van der Waals surface area contributed by atoms with Gasteiger partial charge in [-0.1, -0.05) is 39.7 Å². The molecular formula is C11H14BrClS. The molecule has 0 aromatic heterocycles. The molecule has 0 heterocycles. The topological polar surface area (TPSA) is 0 Å². The highest BCUT2D eigenvalue weighted by Gasteiger charge is 2.08. The van der Waals surface area contributed by atoms with Crippen LogP contribution in [0, 0.1) is 0 Å². The summed E-state index contributed by atoms with van der Waals surface area (Å²) in [5.41, 5.74) is 1.38. The largest absolute Gasteiger partial charge is 0.165 e. The molecule has 0 aliphatic carbocycles. The minimum Gasteiger partial charge on any atom is -0.165 e. The summed E-state index contributed by atoms with van der Waals surface area (Å²) in [4.78, 5) is 0. The van der Waals surface area contributed by atoms with Gasteiger partial charge in [-0.15, -0.1) is 0 Å². The van der Waals surface area contributed by atoms with Crippen LogP contribution < -0.4 is 0 Å². The van der Waals surface area contributed by atoms with Gasteiger partial charge in [0, 0.05) is 10.4 Å². The quantitative estimate of drug-likeness (QED) is 0.717. The molecule has 1 rings (SSSR count). The number of thioether (sulfide) groups is 1. The van der Waals surface area contributed by atoms with Gasteiger partial charge in [-0.25, -0.2) is 0 Å². The van der Waals surface area contributed by atoms with Crippen molar-refractivity contribution < 1.29 is 0 Å². The van der Waals surface area contributed by atoms with Gasteiger partial charge in [0.25, 0.3) is 0 Å². The average Bonchev–Trinajstić information content (AvgIpc) is 2.21. The fourth-order valence-corrected chi connectivity index (χ4v) is 2.67. The van der Waals surface area contributed by atoms with E-state index < -0.39 is 0 Å². The van der Waals surface area contributed by atoms with Gasteiger partial charge in [0.15, 0.2) is 0 Å². The first kappa shape index (κ1) is 12.4. The third kappa shape index (κ3) is 3.84. The van der Waals surface area contributed by atoms with E-state index in [1.807, 2.05) is 23.9 Å². The molecule has 0 nitrogen and oxygen atoms in total. The van der Waals surface area contributed by atoms with Crippen LogP contribution >= 0.6 is 39.3 Å². The Hall–Kier alpha value is 0.340. The van der Waals surface area contributed by atoms with Crippen LogP contribution in [0.5, 0.6) is 0 Å². The summed E-state index contributed by atoms with van der Waals surface area (Å²) in [7, 11) is 0. The normalized spacial score (nSPS) is 12.8. The summed E-state index contributed by atoms with van der Waals surface area (Å²) in [6.07, 6.45) is 3.36. The molecule has 78 valence electrons. The van der Waals surface area contributed by atoms with Crippen molar-refractivity contribution in [3.8, 4) is 0 Å². The minimum atomic E-state index is 0.611. The predicted octanol–water partition coefficient (Wildman–Crippen LogP) is 4.57. The number of hydrogen-bond acceptors (Lipinski definition) is 1. The molecule has 0 aliphatic heterocycles. The second-order valence-corrected chi connectivity index (χ2v) is 5.25. The van der Waals surface area contributed by atoms with Crippen LogP contribution in [0.1, 0.15) is 17.9 Å². The van der Waals surface area contributed by atoms with Crippen molar-refractivity contribution in [2.24, 2.45) is 0 Å². The van der Waals surface area contributed by atoms with E-state index in [9.17, 15) is 0 Å². The van der Waals surface area contributed by atoms with Gasteiger partial charge in [0.05, 0.1) is 0 Å². The van der Waals surface area contributed by atoms with E-state index in [0.29, 0.717) is 5.92 Å². The maximum absolute atomic E-state index is 5.85. The molecule has 0 N–H and O–H groups in total. The summed E-state index contributed by atoms with van der Waals surface area (Å²) < 4.78 is 0. The van der Waals surface area contributed by atoms with Crippen LogP contribution in [-0.2, 0) is 0 Å². The lowest BCUT2D eigenvalue weighted by Gasteiger charge is -2.13. The van der Waals surface area contributed by atoms with Crippen LogP contribution in [-0.4, -0.2) is 17.3 Å². The third-order valence-corrected chi connectivity index (χ3v) is 3.88. The molecule has 0 saturated heterocycles. The molecule has 0 fully saturated rings. The lowest BCUT2D eigenvalue weighted by molar-refractivity contribution is 0.757. The molecule has 14 heavy (non-hydrogen) atoms. The van der Waals surface area contributed by atoms with Gasteiger partial charge in [0.1, 0.15) is 0 Å².